The molecule has 1 aromatic carbocycles. The van der Waals surface area contributed by atoms with Crippen molar-refractivity contribution in [2.24, 2.45) is 5.92 Å². The van der Waals surface area contributed by atoms with E-state index in [9.17, 15) is 9.59 Å². The molecule has 0 fully saturated rings. The Morgan fingerprint density at radius 3 is 2.89 bits per heavy atom. The Hall–Kier alpha value is -2.30. The molecule has 0 aliphatic carbocycles. The maximum absolute atomic E-state index is 11.8. The van der Waals surface area contributed by atoms with Gasteiger partial charge >= 0.3 is 5.97 Å². The van der Waals surface area contributed by atoms with Crippen LogP contribution in [0, 0.1) is 5.92 Å². The molecule has 2 rings (SSSR count). The standard InChI is InChI=1S/C13H14N2O3/c1-8(13(17)18)7-15-12(16)10-2-3-11-9(6-10)4-5-14-11/h2-6,8,14H,7H2,1H3,(H,15,16)(H,17,18). The number of carbonyl (C=O) groups excluding carboxylic acids is 1. The van der Waals surface area contributed by atoms with Crippen LogP contribution in [-0.4, -0.2) is 28.5 Å². The molecule has 0 radical (unpaired) electrons. The van der Waals surface area contributed by atoms with Crippen LogP contribution in [0.15, 0.2) is 30.5 Å². The number of carboxylic acids is 1. The number of rotatable bonds is 4. The maximum atomic E-state index is 11.8. The molecule has 1 unspecified atom stereocenters. The fraction of sp³-hybridized carbons (Fsp3) is 0.231. The van der Waals surface area contributed by atoms with Gasteiger partial charge in [-0.3, -0.25) is 9.59 Å². The molecule has 0 aliphatic heterocycles. The van der Waals surface area contributed by atoms with Gasteiger partial charge in [-0.1, -0.05) is 6.92 Å². The SMILES string of the molecule is CC(CNC(=O)c1ccc2[nH]ccc2c1)C(=O)O. The topological polar surface area (TPSA) is 82.2 Å². The smallest absolute Gasteiger partial charge is 0.308 e. The molecule has 18 heavy (non-hydrogen) atoms. The third-order valence-electron chi connectivity index (χ3n) is 2.81. The summed E-state index contributed by atoms with van der Waals surface area (Å²) in [6.07, 6.45) is 1.80. The fourth-order valence-corrected chi connectivity index (χ4v) is 1.63. The molecular formula is C13H14N2O3. The first-order valence-electron chi connectivity index (χ1n) is 5.66. The van der Waals surface area contributed by atoms with E-state index in [2.05, 4.69) is 10.3 Å². The number of amides is 1. The monoisotopic (exact) mass is 246 g/mol. The first kappa shape index (κ1) is 12.2. The molecule has 94 valence electrons. The van der Waals surface area contributed by atoms with Crippen molar-refractivity contribution in [2.75, 3.05) is 6.54 Å². The third kappa shape index (κ3) is 2.51. The second-order valence-corrected chi connectivity index (χ2v) is 4.23. The first-order valence-corrected chi connectivity index (χ1v) is 5.66. The highest BCUT2D eigenvalue weighted by Gasteiger charge is 2.13. The minimum absolute atomic E-state index is 0.124. The Balaban J connectivity index is 2.06. The lowest BCUT2D eigenvalue weighted by atomic mass is 10.1. The van der Waals surface area contributed by atoms with Crippen molar-refractivity contribution >= 4 is 22.8 Å². The molecule has 5 heteroatoms. The minimum atomic E-state index is -0.920. The summed E-state index contributed by atoms with van der Waals surface area (Å²) < 4.78 is 0. The van der Waals surface area contributed by atoms with Crippen LogP contribution in [0.1, 0.15) is 17.3 Å². The summed E-state index contributed by atoms with van der Waals surface area (Å²) in [6, 6.07) is 7.18. The largest absolute Gasteiger partial charge is 0.481 e. The van der Waals surface area contributed by atoms with Gasteiger partial charge in [0.1, 0.15) is 0 Å². The van der Waals surface area contributed by atoms with Gasteiger partial charge in [-0.05, 0) is 24.3 Å². The van der Waals surface area contributed by atoms with Crippen molar-refractivity contribution in [3.05, 3.63) is 36.0 Å². The van der Waals surface area contributed by atoms with Crippen molar-refractivity contribution < 1.29 is 14.7 Å². The predicted molar refractivity (Wildman–Crippen MR) is 67.4 cm³/mol. The quantitative estimate of drug-likeness (QED) is 0.766. The molecule has 0 spiro atoms. The van der Waals surface area contributed by atoms with Gasteiger partial charge in [-0.2, -0.15) is 0 Å². The van der Waals surface area contributed by atoms with E-state index in [1.165, 1.54) is 0 Å². The van der Waals surface area contributed by atoms with Gasteiger partial charge < -0.3 is 15.4 Å². The Morgan fingerprint density at radius 2 is 2.17 bits per heavy atom. The average molecular weight is 246 g/mol. The number of nitrogens with one attached hydrogen (secondary N) is 2. The van der Waals surface area contributed by atoms with Crippen molar-refractivity contribution in [3.8, 4) is 0 Å². The summed E-state index contributed by atoms with van der Waals surface area (Å²) in [5, 5.41) is 12.3. The van der Waals surface area contributed by atoms with Crippen LogP contribution < -0.4 is 5.32 Å². The minimum Gasteiger partial charge on any atom is -0.481 e. The van der Waals surface area contributed by atoms with Gasteiger partial charge in [0, 0.05) is 29.2 Å². The van der Waals surface area contributed by atoms with Crippen LogP contribution >= 0.6 is 0 Å². The Labute approximate surface area is 104 Å². The maximum Gasteiger partial charge on any atom is 0.308 e. The van der Waals surface area contributed by atoms with Gasteiger partial charge in [0.15, 0.2) is 0 Å². The summed E-state index contributed by atoms with van der Waals surface area (Å²) in [5.41, 5.74) is 1.49. The number of benzene rings is 1. The van der Waals surface area contributed by atoms with Crippen LogP contribution in [0.5, 0.6) is 0 Å². The average Bonchev–Trinajstić information content (AvgIpc) is 2.82. The van der Waals surface area contributed by atoms with E-state index >= 15 is 0 Å². The number of hydrogen-bond donors (Lipinski definition) is 3. The van der Waals surface area contributed by atoms with E-state index in [1.54, 1.807) is 25.3 Å². The molecule has 3 N–H and O–H groups in total. The summed E-state index contributed by atoms with van der Waals surface area (Å²) in [4.78, 5) is 25.5. The molecule has 0 saturated carbocycles. The molecule has 0 bridgehead atoms. The molecule has 0 saturated heterocycles. The number of aromatic amines is 1. The van der Waals surface area contributed by atoms with E-state index in [4.69, 9.17) is 5.11 Å². The highest BCUT2D eigenvalue weighted by atomic mass is 16.4. The number of aliphatic carboxylic acids is 1. The van der Waals surface area contributed by atoms with Crippen molar-refractivity contribution in [1.29, 1.82) is 0 Å². The number of aromatic nitrogens is 1. The number of carbonyl (C=O) groups is 2. The van der Waals surface area contributed by atoms with E-state index in [1.807, 2.05) is 12.1 Å². The van der Waals surface area contributed by atoms with Gasteiger partial charge in [0.05, 0.1) is 5.92 Å². The van der Waals surface area contributed by atoms with E-state index < -0.39 is 11.9 Å². The van der Waals surface area contributed by atoms with E-state index in [-0.39, 0.29) is 12.5 Å². The molecule has 1 aromatic heterocycles. The van der Waals surface area contributed by atoms with E-state index in [0.29, 0.717) is 5.56 Å². The zero-order valence-electron chi connectivity index (χ0n) is 9.93. The third-order valence-corrected chi connectivity index (χ3v) is 2.81. The van der Waals surface area contributed by atoms with Crippen molar-refractivity contribution in [2.45, 2.75) is 6.92 Å². The molecule has 1 atom stereocenters. The molecular weight excluding hydrogens is 232 g/mol. The predicted octanol–water partition coefficient (Wildman–Crippen LogP) is 1.62. The second kappa shape index (κ2) is 4.91. The van der Waals surface area contributed by atoms with Crippen LogP contribution in [0.4, 0.5) is 0 Å². The number of carboxylic acid groups (broad SMARTS) is 1. The van der Waals surface area contributed by atoms with Crippen LogP contribution in [-0.2, 0) is 4.79 Å². The molecule has 0 aliphatic rings. The van der Waals surface area contributed by atoms with Crippen LogP contribution in [0.3, 0.4) is 0 Å². The van der Waals surface area contributed by atoms with Crippen LogP contribution in [0.2, 0.25) is 0 Å². The normalized spacial score (nSPS) is 12.3. The van der Waals surface area contributed by atoms with E-state index in [0.717, 1.165) is 10.9 Å². The first-order chi connectivity index (χ1) is 8.58. The molecule has 5 nitrogen and oxygen atoms in total. The zero-order chi connectivity index (χ0) is 13.1. The van der Waals surface area contributed by atoms with Crippen LogP contribution in [0.25, 0.3) is 10.9 Å². The number of H-pyrrole nitrogens is 1. The van der Waals surface area contributed by atoms with Gasteiger partial charge in [-0.15, -0.1) is 0 Å². The highest BCUT2D eigenvalue weighted by molar-refractivity contribution is 5.98. The summed E-state index contributed by atoms with van der Waals surface area (Å²) in [6.45, 7) is 1.68. The number of hydrogen-bond acceptors (Lipinski definition) is 2. The van der Waals surface area contributed by atoms with Gasteiger partial charge in [0.2, 0.25) is 0 Å². The van der Waals surface area contributed by atoms with Crippen molar-refractivity contribution in [3.63, 3.8) is 0 Å². The summed E-state index contributed by atoms with van der Waals surface area (Å²) in [7, 11) is 0. The molecule has 2 aromatic rings. The zero-order valence-corrected chi connectivity index (χ0v) is 9.93. The lowest BCUT2D eigenvalue weighted by Gasteiger charge is -2.08. The van der Waals surface area contributed by atoms with Gasteiger partial charge in [-0.25, -0.2) is 0 Å². The second-order valence-electron chi connectivity index (χ2n) is 4.23. The van der Waals surface area contributed by atoms with Crippen molar-refractivity contribution in [1.82, 2.24) is 10.3 Å². The Morgan fingerprint density at radius 1 is 1.39 bits per heavy atom. The summed E-state index contributed by atoms with van der Waals surface area (Å²) in [5.74, 6) is -1.77. The highest BCUT2D eigenvalue weighted by Crippen LogP contribution is 2.14. The molecule has 1 heterocycles. The van der Waals surface area contributed by atoms with Gasteiger partial charge in [0.25, 0.3) is 5.91 Å². The lowest BCUT2D eigenvalue weighted by Crippen LogP contribution is -2.31. The number of fused-ring (bicyclic) bond motifs is 1. The fourth-order valence-electron chi connectivity index (χ4n) is 1.63. The Bertz CT molecular complexity index is 589. The summed E-state index contributed by atoms with van der Waals surface area (Å²) >= 11 is 0. The Kier molecular flexibility index (Phi) is 3.32. The lowest BCUT2D eigenvalue weighted by molar-refractivity contribution is -0.140. The molecule has 1 amide bonds.